The molecule has 7 nitrogen and oxygen atoms in total. The molecule has 5 unspecified atom stereocenters. The first-order chi connectivity index (χ1) is 10.5. The van der Waals surface area contributed by atoms with Crippen molar-refractivity contribution in [3.05, 3.63) is 35.9 Å². The first-order valence-electron chi connectivity index (χ1n) is 6.90. The second-order valence-corrected chi connectivity index (χ2v) is 5.02. The molecule has 122 valence electrons. The lowest BCUT2D eigenvalue weighted by atomic mass is 9.99. The maximum Gasteiger partial charge on any atom is 0.187 e. The molecule has 1 fully saturated rings. The monoisotopic (exact) mass is 312 g/mol. The van der Waals surface area contributed by atoms with Crippen LogP contribution in [0, 0.1) is 0 Å². The zero-order valence-corrected chi connectivity index (χ0v) is 11.8. The Kier molecular flexibility index (Phi) is 5.90. The summed E-state index contributed by atoms with van der Waals surface area (Å²) in [5.41, 5.74) is 0.857. The van der Waals surface area contributed by atoms with Gasteiger partial charge in [0.1, 0.15) is 30.2 Å². The lowest BCUT2D eigenvalue weighted by Crippen LogP contribution is -2.59. The van der Waals surface area contributed by atoms with Gasteiger partial charge in [0.25, 0.3) is 0 Å². The number of aliphatic hydroxyl groups excluding tert-OH is 4. The summed E-state index contributed by atoms with van der Waals surface area (Å²) in [7, 11) is 0. The Morgan fingerprint density at radius 1 is 1.05 bits per heavy atom. The smallest absolute Gasteiger partial charge is 0.187 e. The van der Waals surface area contributed by atoms with Crippen LogP contribution >= 0.6 is 0 Å². The van der Waals surface area contributed by atoms with Crippen LogP contribution in [0.4, 0.5) is 0 Å². The number of hydrogen-bond donors (Lipinski definition) is 5. The van der Waals surface area contributed by atoms with Crippen molar-refractivity contribution in [2.45, 2.75) is 30.7 Å². The fraction of sp³-hybridized carbons (Fsp3) is 0.467. The van der Waals surface area contributed by atoms with Crippen molar-refractivity contribution in [2.75, 3.05) is 13.2 Å². The van der Waals surface area contributed by atoms with Gasteiger partial charge in [-0.3, -0.25) is 0 Å². The van der Waals surface area contributed by atoms with E-state index in [1.807, 2.05) is 0 Å². The van der Waals surface area contributed by atoms with Crippen molar-refractivity contribution in [3.8, 4) is 5.75 Å². The number of phenolic OH excluding ortho intramolecular Hbond substituents is 1. The average Bonchev–Trinajstić information content (AvgIpc) is 2.53. The van der Waals surface area contributed by atoms with Crippen molar-refractivity contribution < 1.29 is 35.0 Å². The van der Waals surface area contributed by atoms with E-state index in [1.54, 1.807) is 36.4 Å². The van der Waals surface area contributed by atoms with E-state index in [2.05, 4.69) is 0 Å². The minimum Gasteiger partial charge on any atom is -0.508 e. The van der Waals surface area contributed by atoms with Gasteiger partial charge in [-0.2, -0.15) is 0 Å². The standard InChI is InChI=1S/C15H20O7/c16-8-11-12(18)13(19)14(20)15(22-11)21-7-1-2-9-3-5-10(17)6-4-9/h1-6,11-20H,7-8H2. The molecule has 1 aromatic carbocycles. The van der Waals surface area contributed by atoms with Crippen LogP contribution in [0.1, 0.15) is 5.56 Å². The molecule has 1 aliphatic heterocycles. The van der Waals surface area contributed by atoms with Crippen LogP contribution in [0.15, 0.2) is 30.3 Å². The highest BCUT2D eigenvalue weighted by atomic mass is 16.7. The van der Waals surface area contributed by atoms with Gasteiger partial charge in [-0.25, -0.2) is 0 Å². The van der Waals surface area contributed by atoms with E-state index in [-0.39, 0.29) is 12.4 Å². The molecule has 5 N–H and O–H groups in total. The van der Waals surface area contributed by atoms with Gasteiger partial charge in [-0.15, -0.1) is 0 Å². The largest absolute Gasteiger partial charge is 0.508 e. The summed E-state index contributed by atoms with van der Waals surface area (Å²) in [4.78, 5) is 0. The third-order valence-corrected chi connectivity index (χ3v) is 3.41. The fourth-order valence-electron chi connectivity index (χ4n) is 2.13. The summed E-state index contributed by atoms with van der Waals surface area (Å²) in [5.74, 6) is 0.176. The Hall–Kier alpha value is -1.48. The van der Waals surface area contributed by atoms with Crippen LogP contribution in [-0.2, 0) is 9.47 Å². The van der Waals surface area contributed by atoms with Gasteiger partial charge in [0.2, 0.25) is 0 Å². The number of phenols is 1. The number of hydrogen-bond acceptors (Lipinski definition) is 7. The second-order valence-electron chi connectivity index (χ2n) is 5.02. The molecule has 7 heteroatoms. The van der Waals surface area contributed by atoms with E-state index in [4.69, 9.17) is 19.7 Å². The van der Waals surface area contributed by atoms with Crippen molar-refractivity contribution in [2.24, 2.45) is 0 Å². The molecule has 0 radical (unpaired) electrons. The molecule has 0 aromatic heterocycles. The molecular formula is C15H20O7. The molecule has 0 aliphatic carbocycles. The summed E-state index contributed by atoms with van der Waals surface area (Å²) < 4.78 is 10.5. The minimum absolute atomic E-state index is 0.101. The van der Waals surface area contributed by atoms with Gasteiger partial charge in [0, 0.05) is 0 Å². The molecule has 5 atom stereocenters. The summed E-state index contributed by atoms with van der Waals surface area (Å²) in [6, 6.07) is 6.55. The lowest BCUT2D eigenvalue weighted by Gasteiger charge is -2.39. The maximum atomic E-state index is 9.77. The molecule has 0 bridgehead atoms. The first-order valence-corrected chi connectivity index (χ1v) is 6.90. The van der Waals surface area contributed by atoms with Gasteiger partial charge < -0.3 is 35.0 Å². The van der Waals surface area contributed by atoms with E-state index >= 15 is 0 Å². The number of ether oxygens (including phenoxy) is 2. The highest BCUT2D eigenvalue weighted by Crippen LogP contribution is 2.22. The maximum absolute atomic E-state index is 9.77. The third kappa shape index (κ3) is 4.04. The Morgan fingerprint density at radius 3 is 2.36 bits per heavy atom. The average molecular weight is 312 g/mol. The minimum atomic E-state index is -1.45. The van der Waals surface area contributed by atoms with Crippen molar-refractivity contribution in [3.63, 3.8) is 0 Å². The van der Waals surface area contributed by atoms with Gasteiger partial charge in [-0.05, 0) is 17.7 Å². The van der Waals surface area contributed by atoms with E-state index in [0.29, 0.717) is 0 Å². The molecule has 1 aromatic rings. The normalized spacial score (nSPS) is 32.5. The van der Waals surface area contributed by atoms with Crippen molar-refractivity contribution in [1.29, 1.82) is 0 Å². The Morgan fingerprint density at radius 2 is 1.73 bits per heavy atom. The van der Waals surface area contributed by atoms with E-state index in [1.165, 1.54) is 0 Å². The third-order valence-electron chi connectivity index (χ3n) is 3.41. The van der Waals surface area contributed by atoms with Gasteiger partial charge in [0.15, 0.2) is 6.29 Å². The number of rotatable bonds is 5. The van der Waals surface area contributed by atoms with Crippen molar-refractivity contribution in [1.82, 2.24) is 0 Å². The zero-order chi connectivity index (χ0) is 16.1. The number of benzene rings is 1. The number of aliphatic hydroxyl groups is 4. The Labute approximate surface area is 127 Å². The fourth-order valence-corrected chi connectivity index (χ4v) is 2.13. The van der Waals surface area contributed by atoms with Crippen LogP contribution in [0.25, 0.3) is 6.08 Å². The zero-order valence-electron chi connectivity index (χ0n) is 11.8. The summed E-state index contributed by atoms with van der Waals surface area (Å²) in [5, 5.41) is 47.2. The van der Waals surface area contributed by atoms with E-state index in [0.717, 1.165) is 5.56 Å². The van der Waals surface area contributed by atoms with E-state index < -0.39 is 37.3 Å². The molecule has 2 rings (SSSR count). The molecule has 1 heterocycles. The molecular weight excluding hydrogens is 292 g/mol. The van der Waals surface area contributed by atoms with Crippen molar-refractivity contribution >= 4 is 6.08 Å². The van der Waals surface area contributed by atoms with Crippen LogP contribution in [0.3, 0.4) is 0 Å². The number of aromatic hydroxyl groups is 1. The Bertz CT molecular complexity index is 485. The SMILES string of the molecule is OCC1OC(OCC=Cc2ccc(O)cc2)C(O)C(O)C1O. The molecule has 22 heavy (non-hydrogen) atoms. The highest BCUT2D eigenvalue weighted by Gasteiger charge is 2.43. The molecule has 0 amide bonds. The van der Waals surface area contributed by atoms with Crippen LogP contribution in [0.2, 0.25) is 0 Å². The van der Waals surface area contributed by atoms with Gasteiger partial charge in [-0.1, -0.05) is 24.3 Å². The first kappa shape index (κ1) is 16.9. The topological polar surface area (TPSA) is 120 Å². The van der Waals surface area contributed by atoms with Crippen LogP contribution in [-0.4, -0.2) is 69.5 Å². The van der Waals surface area contributed by atoms with Crippen LogP contribution in [0.5, 0.6) is 5.75 Å². The van der Waals surface area contributed by atoms with Gasteiger partial charge >= 0.3 is 0 Å². The van der Waals surface area contributed by atoms with E-state index in [9.17, 15) is 15.3 Å². The summed E-state index contributed by atoms with van der Waals surface area (Å²) >= 11 is 0. The second kappa shape index (κ2) is 7.68. The Balaban J connectivity index is 1.86. The highest BCUT2D eigenvalue weighted by molar-refractivity contribution is 5.50. The lowest BCUT2D eigenvalue weighted by molar-refractivity contribution is -0.298. The van der Waals surface area contributed by atoms with Gasteiger partial charge in [0.05, 0.1) is 13.2 Å². The predicted molar refractivity (Wildman–Crippen MR) is 76.9 cm³/mol. The predicted octanol–water partition coefficient (Wildman–Crippen LogP) is -0.778. The molecule has 0 saturated carbocycles. The summed E-state index contributed by atoms with van der Waals surface area (Å²) in [6.45, 7) is -0.391. The summed E-state index contributed by atoms with van der Waals surface area (Å²) in [6.07, 6.45) is -2.94. The quantitative estimate of drug-likeness (QED) is 0.484. The molecule has 1 aliphatic rings. The molecule has 1 saturated heterocycles. The van der Waals surface area contributed by atoms with Crippen LogP contribution < -0.4 is 0 Å². The molecule has 0 spiro atoms.